The number of halogens is 1. The summed E-state index contributed by atoms with van der Waals surface area (Å²) >= 11 is 6.30. The Morgan fingerprint density at radius 3 is 1.96 bits per heavy atom. The molecule has 2 nitrogen and oxygen atoms in total. The second kappa shape index (κ2) is 5.98. The molecule has 3 heteroatoms. The zero-order valence-corrected chi connectivity index (χ0v) is 13.3. The van der Waals surface area contributed by atoms with Gasteiger partial charge in [0.25, 0.3) is 0 Å². The fourth-order valence-corrected chi connectivity index (χ4v) is 3.19. The van der Waals surface area contributed by atoms with Crippen molar-refractivity contribution in [1.82, 2.24) is 0 Å². The summed E-state index contributed by atoms with van der Waals surface area (Å²) in [5, 5.41) is 0.822. The smallest absolute Gasteiger partial charge is 0.151 e. The molecule has 1 aliphatic heterocycles. The molecule has 0 aliphatic carbocycles. The maximum Gasteiger partial charge on any atom is 0.151 e. The Morgan fingerprint density at radius 1 is 0.739 bits per heavy atom. The number of rotatable bonds is 3. The van der Waals surface area contributed by atoms with Gasteiger partial charge in [0, 0.05) is 11.6 Å². The molecule has 0 amide bonds. The third kappa shape index (κ3) is 2.66. The summed E-state index contributed by atoms with van der Waals surface area (Å²) in [5.74, 6) is 1.79. The fraction of sp³-hybridized carbons (Fsp3) is 0.100. The minimum absolute atomic E-state index is 0.822. The van der Waals surface area contributed by atoms with E-state index in [0.717, 1.165) is 46.4 Å². The van der Waals surface area contributed by atoms with Crippen LogP contribution in [0, 0.1) is 0 Å². The van der Waals surface area contributed by atoms with E-state index >= 15 is 0 Å². The Balaban J connectivity index is 1.69. The average molecular weight is 322 g/mol. The normalized spacial score (nSPS) is 12.3. The summed E-state index contributed by atoms with van der Waals surface area (Å²) in [4.78, 5) is 2.30. The van der Waals surface area contributed by atoms with Crippen molar-refractivity contribution in [2.24, 2.45) is 0 Å². The summed E-state index contributed by atoms with van der Waals surface area (Å²) in [6, 6.07) is 24.3. The zero-order chi connectivity index (χ0) is 15.6. The molecule has 3 aromatic carbocycles. The Hall–Kier alpha value is -2.45. The van der Waals surface area contributed by atoms with Crippen molar-refractivity contribution in [1.29, 1.82) is 0 Å². The molecule has 1 heterocycles. The molecule has 23 heavy (non-hydrogen) atoms. The topological polar surface area (TPSA) is 12.5 Å². The van der Waals surface area contributed by atoms with Gasteiger partial charge in [-0.3, -0.25) is 0 Å². The maximum atomic E-state index is 6.30. The molecule has 0 radical (unpaired) electrons. The van der Waals surface area contributed by atoms with Crippen LogP contribution in [0.4, 0.5) is 11.4 Å². The highest BCUT2D eigenvalue weighted by molar-refractivity contribution is 6.31. The van der Waals surface area contributed by atoms with Crippen molar-refractivity contribution in [3.8, 4) is 11.5 Å². The third-order valence-electron chi connectivity index (χ3n) is 4.09. The van der Waals surface area contributed by atoms with E-state index in [4.69, 9.17) is 16.3 Å². The van der Waals surface area contributed by atoms with Crippen LogP contribution in [0.2, 0.25) is 5.02 Å². The van der Waals surface area contributed by atoms with Crippen molar-refractivity contribution in [2.75, 3.05) is 11.4 Å². The minimum Gasteiger partial charge on any atom is -0.453 e. The van der Waals surface area contributed by atoms with Crippen LogP contribution in [0.1, 0.15) is 5.56 Å². The van der Waals surface area contributed by atoms with E-state index in [1.807, 2.05) is 54.6 Å². The van der Waals surface area contributed by atoms with Crippen LogP contribution in [0.25, 0.3) is 0 Å². The lowest BCUT2D eigenvalue weighted by atomic mass is 10.1. The number of nitrogens with zero attached hydrogens (tertiary/aromatic N) is 1. The van der Waals surface area contributed by atoms with Gasteiger partial charge in [-0.1, -0.05) is 54.1 Å². The molecule has 0 aromatic heterocycles. The molecule has 3 aromatic rings. The van der Waals surface area contributed by atoms with Gasteiger partial charge in [0.15, 0.2) is 11.5 Å². The van der Waals surface area contributed by atoms with Crippen molar-refractivity contribution in [3.63, 3.8) is 0 Å². The van der Waals surface area contributed by atoms with Crippen molar-refractivity contribution < 1.29 is 4.74 Å². The zero-order valence-electron chi connectivity index (χ0n) is 12.6. The standard InChI is InChI=1S/C20H16ClNO/c21-16-8-2-1-7-15(16)13-14-22-17-9-3-5-11-19(17)23-20-12-6-4-10-18(20)22/h1-12H,13-14H2. The van der Waals surface area contributed by atoms with E-state index in [2.05, 4.69) is 23.1 Å². The molecule has 4 rings (SSSR count). The SMILES string of the molecule is Clc1ccccc1CCN1c2ccccc2Oc2ccccc21. The molecule has 114 valence electrons. The number of anilines is 2. The number of benzene rings is 3. The van der Waals surface area contributed by atoms with Crippen molar-refractivity contribution >= 4 is 23.0 Å². The Kier molecular flexibility index (Phi) is 3.68. The molecule has 0 fully saturated rings. The van der Waals surface area contributed by atoms with Gasteiger partial charge in [-0.2, -0.15) is 0 Å². The summed E-state index contributed by atoms with van der Waals surface area (Å²) in [7, 11) is 0. The maximum absolute atomic E-state index is 6.30. The van der Waals surface area contributed by atoms with E-state index in [1.165, 1.54) is 0 Å². The minimum atomic E-state index is 0.822. The highest BCUT2D eigenvalue weighted by atomic mass is 35.5. The number of hydrogen-bond acceptors (Lipinski definition) is 2. The Bertz CT molecular complexity index is 801. The molecule has 0 saturated carbocycles. The van der Waals surface area contributed by atoms with Crippen LogP contribution in [0.5, 0.6) is 11.5 Å². The Morgan fingerprint density at radius 2 is 1.30 bits per heavy atom. The molecule has 0 bridgehead atoms. The van der Waals surface area contributed by atoms with Crippen LogP contribution in [-0.4, -0.2) is 6.54 Å². The van der Waals surface area contributed by atoms with Crippen LogP contribution in [0.3, 0.4) is 0 Å². The molecular formula is C20H16ClNO. The highest BCUT2D eigenvalue weighted by Crippen LogP contribution is 2.46. The van der Waals surface area contributed by atoms with E-state index < -0.39 is 0 Å². The first-order valence-corrected chi connectivity index (χ1v) is 8.07. The first-order chi connectivity index (χ1) is 11.3. The van der Waals surface area contributed by atoms with Gasteiger partial charge in [0.2, 0.25) is 0 Å². The van der Waals surface area contributed by atoms with Crippen LogP contribution in [0.15, 0.2) is 72.8 Å². The molecule has 0 spiro atoms. The summed E-state index contributed by atoms with van der Waals surface area (Å²) in [5.41, 5.74) is 3.35. The molecule has 0 N–H and O–H groups in total. The first kappa shape index (κ1) is 14.2. The highest BCUT2D eigenvalue weighted by Gasteiger charge is 2.23. The van der Waals surface area contributed by atoms with Crippen molar-refractivity contribution in [3.05, 3.63) is 83.4 Å². The third-order valence-corrected chi connectivity index (χ3v) is 4.46. The monoisotopic (exact) mass is 321 g/mol. The van der Waals surface area contributed by atoms with Crippen molar-refractivity contribution in [2.45, 2.75) is 6.42 Å². The lowest BCUT2D eigenvalue weighted by Crippen LogP contribution is -2.23. The molecule has 1 aliphatic rings. The van der Waals surface area contributed by atoms with E-state index in [9.17, 15) is 0 Å². The van der Waals surface area contributed by atoms with Crippen LogP contribution < -0.4 is 9.64 Å². The largest absolute Gasteiger partial charge is 0.453 e. The molecule has 0 unspecified atom stereocenters. The van der Waals surface area contributed by atoms with Crippen LogP contribution in [-0.2, 0) is 6.42 Å². The lowest BCUT2D eigenvalue weighted by Gasteiger charge is -2.32. The summed E-state index contributed by atoms with van der Waals surface area (Å²) in [6.45, 7) is 0.848. The number of ether oxygens (including phenoxy) is 1. The second-order valence-electron chi connectivity index (χ2n) is 5.53. The number of para-hydroxylation sites is 4. The van der Waals surface area contributed by atoms with Gasteiger partial charge in [-0.15, -0.1) is 0 Å². The average Bonchev–Trinajstić information content (AvgIpc) is 2.60. The first-order valence-electron chi connectivity index (χ1n) is 7.70. The number of fused-ring (bicyclic) bond motifs is 2. The quantitative estimate of drug-likeness (QED) is 0.602. The van der Waals surface area contributed by atoms with Gasteiger partial charge in [0.1, 0.15) is 0 Å². The van der Waals surface area contributed by atoms with Gasteiger partial charge in [0.05, 0.1) is 11.4 Å². The van der Waals surface area contributed by atoms with Crippen LogP contribution >= 0.6 is 11.6 Å². The second-order valence-corrected chi connectivity index (χ2v) is 5.94. The number of hydrogen-bond donors (Lipinski definition) is 0. The van der Waals surface area contributed by atoms with Gasteiger partial charge >= 0.3 is 0 Å². The predicted octanol–water partition coefficient (Wildman–Crippen LogP) is 5.83. The van der Waals surface area contributed by atoms with Gasteiger partial charge < -0.3 is 9.64 Å². The summed E-state index contributed by atoms with van der Waals surface area (Å²) < 4.78 is 6.02. The van der Waals surface area contributed by atoms with E-state index in [1.54, 1.807) is 0 Å². The predicted molar refractivity (Wildman–Crippen MR) is 95.1 cm³/mol. The van der Waals surface area contributed by atoms with Gasteiger partial charge in [-0.25, -0.2) is 0 Å². The molecule has 0 atom stereocenters. The summed E-state index contributed by atoms with van der Waals surface area (Å²) in [6.07, 6.45) is 0.877. The lowest BCUT2D eigenvalue weighted by molar-refractivity contribution is 0.473. The van der Waals surface area contributed by atoms with Gasteiger partial charge in [-0.05, 0) is 42.3 Å². The van der Waals surface area contributed by atoms with E-state index in [-0.39, 0.29) is 0 Å². The van der Waals surface area contributed by atoms with E-state index in [0.29, 0.717) is 0 Å². The Labute approximate surface area is 140 Å². The molecular weight excluding hydrogens is 306 g/mol. The fourth-order valence-electron chi connectivity index (χ4n) is 2.96. The molecule has 0 saturated heterocycles.